The Labute approximate surface area is 202 Å². The van der Waals surface area contributed by atoms with Gasteiger partial charge in [-0.25, -0.2) is 9.69 Å². The molecule has 172 valence electrons. The van der Waals surface area contributed by atoms with Gasteiger partial charge < -0.3 is 10.1 Å². The van der Waals surface area contributed by atoms with Crippen LogP contribution in [0.2, 0.25) is 0 Å². The predicted octanol–water partition coefficient (Wildman–Crippen LogP) is 5.77. The smallest absolute Gasteiger partial charge is 0.343 e. The zero-order chi connectivity index (χ0) is 24.4. The van der Waals surface area contributed by atoms with Crippen molar-refractivity contribution in [3.05, 3.63) is 100 Å². The topological polar surface area (TPSA) is 75.7 Å². The molecular weight excluding hydrogens is 452 g/mol. The van der Waals surface area contributed by atoms with Gasteiger partial charge in [0.1, 0.15) is 16.5 Å². The summed E-state index contributed by atoms with van der Waals surface area (Å²) in [6, 6.07) is 20.8. The van der Waals surface area contributed by atoms with Crippen LogP contribution in [0, 0.1) is 6.92 Å². The van der Waals surface area contributed by atoms with E-state index in [1.165, 1.54) is 0 Å². The zero-order valence-electron chi connectivity index (χ0n) is 19.0. The Hall–Kier alpha value is -3.90. The van der Waals surface area contributed by atoms with Crippen molar-refractivity contribution in [1.29, 1.82) is 0 Å². The first kappa shape index (κ1) is 23.3. The van der Waals surface area contributed by atoms with E-state index in [9.17, 15) is 14.4 Å². The standard InChI is InChI=1S/C27H23ClN2O4/c1-16(2)18-10-14-21(15-11-18)34-27(33)19-8-12-20(13-9-19)29-24-23(28)25(31)30(26(24)32)22-7-5-4-6-17(22)3/h4-16,29H,1-3H3. The molecule has 0 atom stereocenters. The Balaban J connectivity index is 1.46. The fourth-order valence-electron chi connectivity index (χ4n) is 3.57. The maximum absolute atomic E-state index is 13.0. The van der Waals surface area contributed by atoms with Crippen molar-refractivity contribution in [2.24, 2.45) is 0 Å². The highest BCUT2D eigenvalue weighted by atomic mass is 35.5. The van der Waals surface area contributed by atoms with E-state index < -0.39 is 17.8 Å². The van der Waals surface area contributed by atoms with E-state index in [0.717, 1.165) is 16.0 Å². The van der Waals surface area contributed by atoms with Crippen molar-refractivity contribution in [2.75, 3.05) is 10.2 Å². The Kier molecular flexibility index (Phi) is 6.52. The third-order valence-corrected chi connectivity index (χ3v) is 5.88. The third-order valence-electron chi connectivity index (χ3n) is 5.53. The first-order valence-corrected chi connectivity index (χ1v) is 11.2. The van der Waals surface area contributed by atoms with E-state index in [1.807, 2.05) is 31.2 Å². The number of carbonyl (C=O) groups is 3. The molecule has 0 saturated heterocycles. The third kappa shape index (κ3) is 4.58. The Morgan fingerprint density at radius 1 is 0.912 bits per heavy atom. The fourth-order valence-corrected chi connectivity index (χ4v) is 3.78. The highest BCUT2D eigenvalue weighted by Crippen LogP contribution is 2.32. The molecule has 0 aromatic heterocycles. The van der Waals surface area contributed by atoms with Crippen LogP contribution in [0.15, 0.2) is 83.5 Å². The van der Waals surface area contributed by atoms with Crippen molar-refractivity contribution in [3.63, 3.8) is 0 Å². The second-order valence-corrected chi connectivity index (χ2v) is 8.61. The summed E-state index contributed by atoms with van der Waals surface area (Å²) in [5, 5.41) is 2.71. The molecule has 0 radical (unpaired) electrons. The molecule has 0 saturated carbocycles. The number of amides is 2. The van der Waals surface area contributed by atoms with Crippen LogP contribution >= 0.6 is 11.6 Å². The van der Waals surface area contributed by atoms with E-state index in [2.05, 4.69) is 19.2 Å². The molecule has 0 bridgehead atoms. The second-order valence-electron chi connectivity index (χ2n) is 8.24. The minimum atomic E-state index is -0.591. The summed E-state index contributed by atoms with van der Waals surface area (Å²) in [7, 11) is 0. The van der Waals surface area contributed by atoms with Crippen molar-refractivity contribution >= 4 is 40.8 Å². The number of nitrogens with zero attached hydrogens (tertiary/aromatic N) is 1. The number of para-hydroxylation sites is 1. The molecular formula is C27H23ClN2O4. The number of hydrogen-bond acceptors (Lipinski definition) is 5. The van der Waals surface area contributed by atoms with Crippen LogP contribution in [-0.4, -0.2) is 17.8 Å². The number of benzene rings is 3. The van der Waals surface area contributed by atoms with Gasteiger partial charge in [0.15, 0.2) is 0 Å². The van der Waals surface area contributed by atoms with Gasteiger partial charge in [-0.1, -0.05) is 55.8 Å². The number of esters is 1. The van der Waals surface area contributed by atoms with E-state index in [1.54, 1.807) is 48.5 Å². The molecule has 1 aliphatic heterocycles. The largest absolute Gasteiger partial charge is 0.423 e. The molecule has 1 heterocycles. The SMILES string of the molecule is Cc1ccccc1N1C(=O)C(Cl)=C(Nc2ccc(C(=O)Oc3ccc(C(C)C)cc3)cc2)C1=O. The molecule has 0 spiro atoms. The first-order chi connectivity index (χ1) is 16.3. The van der Waals surface area contributed by atoms with Gasteiger partial charge in [0, 0.05) is 5.69 Å². The number of ether oxygens (including phenoxy) is 1. The summed E-state index contributed by atoms with van der Waals surface area (Å²) in [5.74, 6) is -0.789. The van der Waals surface area contributed by atoms with Gasteiger partial charge in [-0.05, 0) is 66.4 Å². The summed E-state index contributed by atoms with van der Waals surface area (Å²) < 4.78 is 5.44. The maximum atomic E-state index is 13.0. The molecule has 0 aliphatic carbocycles. The van der Waals surface area contributed by atoms with Gasteiger partial charge >= 0.3 is 5.97 Å². The summed E-state index contributed by atoms with van der Waals surface area (Å²) >= 11 is 6.20. The van der Waals surface area contributed by atoms with E-state index in [4.69, 9.17) is 16.3 Å². The number of rotatable bonds is 6. The minimum absolute atomic E-state index is 0.0181. The minimum Gasteiger partial charge on any atom is -0.423 e. The summed E-state index contributed by atoms with van der Waals surface area (Å²) in [6.45, 7) is 6.00. The number of aryl methyl sites for hydroxylation is 1. The van der Waals surface area contributed by atoms with Crippen molar-refractivity contribution in [3.8, 4) is 5.75 Å². The number of halogens is 1. The Morgan fingerprint density at radius 2 is 1.56 bits per heavy atom. The number of nitrogens with one attached hydrogen (secondary N) is 1. The lowest BCUT2D eigenvalue weighted by atomic mass is 10.0. The van der Waals surface area contributed by atoms with Gasteiger partial charge in [0.2, 0.25) is 0 Å². The quantitative estimate of drug-likeness (QED) is 0.278. The number of anilines is 2. The molecule has 1 aliphatic rings. The van der Waals surface area contributed by atoms with Crippen molar-refractivity contribution in [2.45, 2.75) is 26.7 Å². The van der Waals surface area contributed by atoms with Crippen molar-refractivity contribution < 1.29 is 19.1 Å². The molecule has 2 amide bonds. The molecule has 6 nitrogen and oxygen atoms in total. The molecule has 1 N–H and O–H groups in total. The van der Waals surface area contributed by atoms with E-state index >= 15 is 0 Å². The lowest BCUT2D eigenvalue weighted by molar-refractivity contribution is -0.120. The second kappa shape index (κ2) is 9.53. The highest BCUT2D eigenvalue weighted by molar-refractivity contribution is 6.53. The molecule has 3 aromatic carbocycles. The monoisotopic (exact) mass is 474 g/mol. The van der Waals surface area contributed by atoms with Gasteiger partial charge in [-0.3, -0.25) is 9.59 Å². The normalized spacial score (nSPS) is 13.6. The molecule has 0 fully saturated rings. The molecule has 34 heavy (non-hydrogen) atoms. The van der Waals surface area contributed by atoms with Gasteiger partial charge in [0.05, 0.1) is 11.3 Å². The predicted molar refractivity (Wildman–Crippen MR) is 132 cm³/mol. The molecule has 7 heteroatoms. The average molecular weight is 475 g/mol. The molecule has 0 unspecified atom stereocenters. The maximum Gasteiger partial charge on any atom is 0.343 e. The van der Waals surface area contributed by atoms with Crippen LogP contribution in [0.5, 0.6) is 5.75 Å². The van der Waals surface area contributed by atoms with E-state index in [-0.39, 0.29) is 10.7 Å². The molecule has 3 aromatic rings. The summed E-state index contributed by atoms with van der Waals surface area (Å²) in [4.78, 5) is 39.2. The van der Waals surface area contributed by atoms with Crippen LogP contribution < -0.4 is 15.0 Å². The Bertz CT molecular complexity index is 1290. The highest BCUT2D eigenvalue weighted by Gasteiger charge is 2.39. The van der Waals surface area contributed by atoms with Gasteiger partial charge in [0.25, 0.3) is 11.8 Å². The van der Waals surface area contributed by atoms with Crippen LogP contribution in [0.4, 0.5) is 11.4 Å². The summed E-state index contributed by atoms with van der Waals surface area (Å²) in [6.07, 6.45) is 0. The molecule has 4 rings (SSSR count). The lowest BCUT2D eigenvalue weighted by Crippen LogP contribution is -2.32. The van der Waals surface area contributed by atoms with Crippen LogP contribution in [0.25, 0.3) is 0 Å². The van der Waals surface area contributed by atoms with Crippen LogP contribution in [0.1, 0.15) is 41.3 Å². The lowest BCUT2D eigenvalue weighted by Gasteiger charge is -2.17. The Morgan fingerprint density at radius 3 is 2.18 bits per heavy atom. The van der Waals surface area contributed by atoms with E-state index in [0.29, 0.717) is 28.6 Å². The van der Waals surface area contributed by atoms with Crippen LogP contribution in [0.3, 0.4) is 0 Å². The fraction of sp³-hybridized carbons (Fsp3) is 0.148. The van der Waals surface area contributed by atoms with Crippen molar-refractivity contribution in [1.82, 2.24) is 0 Å². The zero-order valence-corrected chi connectivity index (χ0v) is 19.7. The summed E-state index contributed by atoms with van der Waals surface area (Å²) in [5.41, 5.74) is 3.23. The van der Waals surface area contributed by atoms with Gasteiger partial charge in [-0.2, -0.15) is 0 Å². The van der Waals surface area contributed by atoms with Gasteiger partial charge in [-0.15, -0.1) is 0 Å². The number of imide groups is 1. The number of carbonyl (C=O) groups excluding carboxylic acids is 3. The average Bonchev–Trinajstić information content (AvgIpc) is 3.03. The van der Waals surface area contributed by atoms with Crippen LogP contribution in [-0.2, 0) is 9.59 Å². The first-order valence-electron chi connectivity index (χ1n) is 10.8. The number of hydrogen-bond donors (Lipinski definition) is 1.